The summed E-state index contributed by atoms with van der Waals surface area (Å²) in [6, 6.07) is 18.7. The van der Waals surface area contributed by atoms with Crippen LogP contribution in [0.5, 0.6) is 0 Å². The second-order valence-electron chi connectivity index (χ2n) is 12.1. The smallest absolute Gasteiger partial charge is 0.358 e. The predicted molar refractivity (Wildman–Crippen MR) is 156 cm³/mol. The molecular weight excluding hydrogens is 504 g/mol. The molecule has 0 bridgehead atoms. The van der Waals surface area contributed by atoms with Gasteiger partial charge in [0.25, 0.3) is 0 Å². The maximum atomic E-state index is 2.58. The SMILES string of the molecule is Cc1[cH-]c2cccc(C(C)(C)C)c2c1[Si](C)(C)c1c(C)[cH-]c2cccc(C(C)(C)C)c12.[CH3-].[CH3-].[Zr+4]. The Morgan fingerprint density at radius 3 is 1.24 bits per heavy atom. The first-order valence-electron chi connectivity index (χ1n) is 11.6. The second-order valence-corrected chi connectivity index (χ2v) is 16.3. The molecule has 0 saturated carbocycles. The fourth-order valence-electron chi connectivity index (χ4n) is 5.93. The van der Waals surface area contributed by atoms with Crippen molar-refractivity contribution in [1.29, 1.82) is 0 Å². The average Bonchev–Trinajstić information content (AvgIpc) is 3.14. The molecule has 0 N–H and O–H groups in total. The Hall–Kier alpha value is -1.24. The molecule has 0 heterocycles. The van der Waals surface area contributed by atoms with E-state index in [4.69, 9.17) is 0 Å². The van der Waals surface area contributed by atoms with Gasteiger partial charge in [-0.25, -0.2) is 0 Å². The minimum Gasteiger partial charge on any atom is -0.358 e. The first kappa shape index (κ1) is 30.8. The van der Waals surface area contributed by atoms with Crippen molar-refractivity contribution in [1.82, 2.24) is 0 Å². The summed E-state index contributed by atoms with van der Waals surface area (Å²) < 4.78 is 0. The molecule has 4 aromatic rings. The van der Waals surface area contributed by atoms with Crippen LogP contribution in [-0.4, -0.2) is 8.07 Å². The van der Waals surface area contributed by atoms with Crippen LogP contribution in [0.1, 0.15) is 63.8 Å². The van der Waals surface area contributed by atoms with Crippen LogP contribution in [0.3, 0.4) is 0 Å². The third-order valence-corrected chi connectivity index (χ3v) is 10.9. The Kier molecular flexibility index (Phi) is 9.08. The molecule has 34 heavy (non-hydrogen) atoms. The third-order valence-electron chi connectivity index (χ3n) is 7.09. The van der Waals surface area contributed by atoms with Gasteiger partial charge in [0.2, 0.25) is 0 Å². The Morgan fingerprint density at radius 1 is 0.618 bits per heavy atom. The van der Waals surface area contributed by atoms with E-state index < -0.39 is 8.07 Å². The van der Waals surface area contributed by atoms with Crippen molar-refractivity contribution in [3.63, 3.8) is 0 Å². The molecule has 180 valence electrons. The molecule has 0 atom stereocenters. The summed E-state index contributed by atoms with van der Waals surface area (Å²) in [7, 11) is -1.99. The zero-order valence-electron chi connectivity index (χ0n) is 23.6. The molecule has 0 aliphatic heterocycles. The van der Waals surface area contributed by atoms with Gasteiger partial charge < -0.3 is 14.9 Å². The Morgan fingerprint density at radius 2 is 0.941 bits per heavy atom. The molecule has 0 radical (unpaired) electrons. The van der Waals surface area contributed by atoms with E-state index in [1.807, 2.05) is 0 Å². The number of aryl methyl sites for hydroxylation is 2. The molecule has 0 aromatic heterocycles. The van der Waals surface area contributed by atoms with E-state index in [0.29, 0.717) is 0 Å². The number of hydrogen-bond donors (Lipinski definition) is 0. The van der Waals surface area contributed by atoms with Crippen LogP contribution in [-0.2, 0) is 37.0 Å². The zero-order valence-corrected chi connectivity index (χ0v) is 27.1. The molecule has 4 rings (SSSR count). The van der Waals surface area contributed by atoms with Crippen molar-refractivity contribution in [2.45, 2.75) is 79.3 Å². The Labute approximate surface area is 230 Å². The molecule has 2 heteroatoms. The molecule has 0 saturated heterocycles. The summed E-state index contributed by atoms with van der Waals surface area (Å²) in [4.78, 5) is 0. The van der Waals surface area contributed by atoms with E-state index >= 15 is 0 Å². The van der Waals surface area contributed by atoms with Crippen LogP contribution < -0.4 is 10.4 Å². The van der Waals surface area contributed by atoms with Crippen LogP contribution in [0.25, 0.3) is 21.5 Å². The normalized spacial score (nSPS) is 12.3. The van der Waals surface area contributed by atoms with Gasteiger partial charge in [-0.1, -0.05) is 91.7 Å². The summed E-state index contributed by atoms with van der Waals surface area (Å²) >= 11 is 0. The van der Waals surface area contributed by atoms with Gasteiger partial charge in [0.15, 0.2) is 0 Å². The molecular formula is C32H44SiZr. The van der Waals surface area contributed by atoms with E-state index in [9.17, 15) is 0 Å². The first-order valence-corrected chi connectivity index (χ1v) is 14.6. The summed E-state index contributed by atoms with van der Waals surface area (Å²) in [6.45, 7) is 23.9. The van der Waals surface area contributed by atoms with Crippen LogP contribution in [0.15, 0.2) is 48.5 Å². The molecule has 0 spiro atoms. The molecule has 0 unspecified atom stereocenters. The van der Waals surface area contributed by atoms with Crippen molar-refractivity contribution in [3.8, 4) is 0 Å². The van der Waals surface area contributed by atoms with Crippen molar-refractivity contribution < 1.29 is 26.2 Å². The fraction of sp³-hybridized carbons (Fsp3) is 0.375. The number of fused-ring (bicyclic) bond motifs is 2. The summed E-state index contributed by atoms with van der Waals surface area (Å²) in [5.41, 5.74) is 6.14. The molecule has 0 aliphatic rings. The van der Waals surface area contributed by atoms with Crippen molar-refractivity contribution in [3.05, 3.63) is 85.6 Å². The van der Waals surface area contributed by atoms with Gasteiger partial charge in [0, 0.05) is 8.07 Å². The summed E-state index contributed by atoms with van der Waals surface area (Å²) in [5, 5.41) is 9.12. The van der Waals surface area contributed by atoms with Gasteiger partial charge in [0.05, 0.1) is 0 Å². The minimum absolute atomic E-state index is 0. The van der Waals surface area contributed by atoms with E-state index in [1.54, 1.807) is 10.4 Å². The monoisotopic (exact) mass is 546 g/mol. The van der Waals surface area contributed by atoms with Crippen molar-refractivity contribution in [2.24, 2.45) is 0 Å². The van der Waals surface area contributed by atoms with Gasteiger partial charge in [-0.2, -0.15) is 10.4 Å². The Balaban J connectivity index is 0.00000193. The van der Waals surface area contributed by atoms with Crippen molar-refractivity contribution in [2.75, 3.05) is 0 Å². The van der Waals surface area contributed by atoms with Gasteiger partial charge in [0.1, 0.15) is 0 Å². The first-order chi connectivity index (χ1) is 14.2. The quantitative estimate of drug-likeness (QED) is 0.175. The van der Waals surface area contributed by atoms with Crippen LogP contribution >= 0.6 is 0 Å². The Bertz CT molecular complexity index is 1180. The maximum Gasteiger partial charge on any atom is 4.00 e. The standard InChI is InChI=1S/C30H38Si.2CH3.Zr/c1-19-17-21-13-11-15-23(29(3,4)5)25(21)27(19)31(9,10)28-20(2)18-22-14-12-16-24(26(22)28)30(6,7)8;;;/h11-18H,1-10H3;2*1H3;/q-2;2*-1;+4. The largest absolute Gasteiger partial charge is 4.00 e. The summed E-state index contributed by atoms with van der Waals surface area (Å²) in [6.07, 6.45) is 0. The van der Waals surface area contributed by atoms with Crippen molar-refractivity contribution >= 4 is 40.0 Å². The van der Waals surface area contributed by atoms with Gasteiger partial charge >= 0.3 is 26.2 Å². The van der Waals surface area contributed by atoms with Gasteiger partial charge in [-0.05, 0) is 10.8 Å². The molecule has 4 aromatic carbocycles. The number of rotatable bonds is 2. The second kappa shape index (κ2) is 10.0. The fourth-order valence-corrected chi connectivity index (χ4v) is 10.1. The van der Waals surface area contributed by atoms with E-state index in [2.05, 4.69) is 117 Å². The molecule has 0 nitrogen and oxygen atoms in total. The van der Waals surface area contributed by atoms with Crippen LogP contribution in [0.2, 0.25) is 13.1 Å². The topological polar surface area (TPSA) is 0 Å². The predicted octanol–water partition coefficient (Wildman–Crippen LogP) is 8.36. The van der Waals surface area contributed by atoms with Gasteiger partial charge in [-0.3, -0.25) is 0 Å². The molecule has 0 fully saturated rings. The van der Waals surface area contributed by atoms with Crippen LogP contribution in [0.4, 0.5) is 0 Å². The average molecular weight is 548 g/mol. The maximum absolute atomic E-state index is 2.58. The van der Waals surface area contributed by atoms with E-state index in [-0.39, 0.29) is 51.9 Å². The zero-order chi connectivity index (χ0) is 22.9. The number of hydrogen-bond acceptors (Lipinski definition) is 0. The minimum atomic E-state index is -1.99. The molecule has 0 aliphatic carbocycles. The van der Waals surface area contributed by atoms with E-state index in [1.165, 1.54) is 43.8 Å². The number of benzene rings is 2. The third kappa shape index (κ3) is 4.87. The van der Waals surface area contributed by atoms with E-state index in [0.717, 1.165) is 0 Å². The molecule has 0 amide bonds. The van der Waals surface area contributed by atoms with Gasteiger partial charge in [-0.15, -0.1) is 69.1 Å². The summed E-state index contributed by atoms with van der Waals surface area (Å²) in [5.74, 6) is 0. The van der Waals surface area contributed by atoms with Crippen LogP contribution in [0, 0.1) is 28.7 Å².